The molecule has 1 aromatic carbocycles. The van der Waals surface area contributed by atoms with Gasteiger partial charge in [0.2, 0.25) is 0 Å². The molecule has 0 bridgehead atoms. The molecule has 0 N–H and O–H groups in total. The Hall–Kier alpha value is -1.13. The van der Waals surface area contributed by atoms with Gasteiger partial charge in [-0.05, 0) is 42.0 Å². The Morgan fingerprint density at radius 1 is 1.27 bits per heavy atom. The van der Waals surface area contributed by atoms with E-state index < -0.39 is 0 Å². The van der Waals surface area contributed by atoms with E-state index in [1.807, 2.05) is 35.9 Å². The highest BCUT2D eigenvalue weighted by Crippen LogP contribution is 2.24. The standard InChI is InChI=1S/C11H11NOS2/c1-12-10(7-15-11(12)14)8-3-5-9(13-2)6-4-8/h3-7H,1-2H3. The first-order valence-corrected chi connectivity index (χ1v) is 5.80. The summed E-state index contributed by atoms with van der Waals surface area (Å²) in [7, 11) is 3.65. The van der Waals surface area contributed by atoms with Gasteiger partial charge in [-0.25, -0.2) is 0 Å². The van der Waals surface area contributed by atoms with Gasteiger partial charge in [0.25, 0.3) is 0 Å². The lowest BCUT2D eigenvalue weighted by molar-refractivity contribution is 0.415. The van der Waals surface area contributed by atoms with Crippen LogP contribution in [0.3, 0.4) is 0 Å². The molecule has 0 aliphatic carbocycles. The van der Waals surface area contributed by atoms with Crippen molar-refractivity contribution in [1.29, 1.82) is 0 Å². The van der Waals surface area contributed by atoms with Crippen LogP contribution < -0.4 is 4.74 Å². The lowest BCUT2D eigenvalue weighted by atomic mass is 10.2. The molecule has 0 fully saturated rings. The summed E-state index contributed by atoms with van der Waals surface area (Å²) >= 11 is 6.76. The molecule has 0 atom stereocenters. The minimum atomic E-state index is 0.871. The molecule has 2 aromatic rings. The SMILES string of the molecule is COc1ccc(-c2csc(=S)n2C)cc1. The molecule has 78 valence electrons. The molecule has 0 saturated heterocycles. The highest BCUT2D eigenvalue weighted by molar-refractivity contribution is 7.73. The molecular formula is C11H11NOS2. The molecule has 0 radical (unpaired) electrons. The number of thiazole rings is 1. The van der Waals surface area contributed by atoms with Crippen molar-refractivity contribution >= 4 is 23.6 Å². The first-order chi connectivity index (χ1) is 7.22. The zero-order valence-electron chi connectivity index (χ0n) is 8.56. The zero-order chi connectivity index (χ0) is 10.8. The van der Waals surface area contributed by atoms with Gasteiger partial charge in [-0.1, -0.05) is 0 Å². The highest BCUT2D eigenvalue weighted by Gasteiger charge is 2.03. The Labute approximate surface area is 97.8 Å². The van der Waals surface area contributed by atoms with Crippen LogP contribution >= 0.6 is 23.6 Å². The molecule has 0 aliphatic rings. The summed E-state index contributed by atoms with van der Waals surface area (Å²) in [5.41, 5.74) is 2.30. The van der Waals surface area contributed by atoms with Gasteiger partial charge in [0.1, 0.15) is 5.75 Å². The molecule has 0 saturated carbocycles. The van der Waals surface area contributed by atoms with Crippen LogP contribution in [-0.2, 0) is 7.05 Å². The maximum atomic E-state index is 5.18. The summed E-state index contributed by atoms with van der Waals surface area (Å²) in [4.78, 5) is 0. The second-order valence-corrected chi connectivity index (χ2v) is 4.68. The van der Waals surface area contributed by atoms with Crippen LogP contribution in [-0.4, -0.2) is 11.7 Å². The van der Waals surface area contributed by atoms with E-state index in [9.17, 15) is 0 Å². The van der Waals surface area contributed by atoms with Gasteiger partial charge in [0.15, 0.2) is 3.95 Å². The van der Waals surface area contributed by atoms with Crippen molar-refractivity contribution in [1.82, 2.24) is 4.57 Å². The zero-order valence-corrected chi connectivity index (χ0v) is 10.2. The van der Waals surface area contributed by atoms with Crippen molar-refractivity contribution in [2.45, 2.75) is 0 Å². The molecule has 2 nitrogen and oxygen atoms in total. The molecule has 2 rings (SSSR count). The second kappa shape index (κ2) is 4.16. The first-order valence-electron chi connectivity index (χ1n) is 4.51. The third kappa shape index (κ3) is 1.96. The number of ether oxygens (including phenoxy) is 1. The second-order valence-electron chi connectivity index (χ2n) is 3.17. The quantitative estimate of drug-likeness (QED) is 0.742. The van der Waals surface area contributed by atoms with Crippen molar-refractivity contribution in [3.63, 3.8) is 0 Å². The molecule has 0 spiro atoms. The number of aromatic nitrogens is 1. The van der Waals surface area contributed by atoms with Gasteiger partial charge in [0, 0.05) is 12.4 Å². The molecular weight excluding hydrogens is 226 g/mol. The Balaban J connectivity index is 2.46. The van der Waals surface area contributed by atoms with E-state index in [2.05, 4.69) is 5.38 Å². The fourth-order valence-electron chi connectivity index (χ4n) is 1.39. The van der Waals surface area contributed by atoms with E-state index in [1.165, 1.54) is 0 Å². The van der Waals surface area contributed by atoms with Crippen LogP contribution in [0.2, 0.25) is 0 Å². The number of nitrogens with zero attached hydrogens (tertiary/aromatic N) is 1. The predicted octanol–water partition coefficient (Wildman–Crippen LogP) is 3.49. The number of methoxy groups -OCH3 is 1. The minimum absolute atomic E-state index is 0.871. The number of hydrogen-bond donors (Lipinski definition) is 0. The summed E-state index contributed by atoms with van der Waals surface area (Å²) in [5.74, 6) is 0.871. The summed E-state index contributed by atoms with van der Waals surface area (Å²) in [5, 5.41) is 2.07. The summed E-state index contributed by atoms with van der Waals surface area (Å²) in [6.45, 7) is 0. The van der Waals surface area contributed by atoms with Crippen LogP contribution in [0.5, 0.6) is 5.75 Å². The van der Waals surface area contributed by atoms with Gasteiger partial charge < -0.3 is 9.30 Å². The number of rotatable bonds is 2. The number of benzene rings is 1. The van der Waals surface area contributed by atoms with Crippen LogP contribution in [0, 0.1) is 3.95 Å². The Bertz CT molecular complexity index is 510. The van der Waals surface area contributed by atoms with Gasteiger partial charge in [-0.3, -0.25) is 0 Å². The van der Waals surface area contributed by atoms with Crippen molar-refractivity contribution in [3.8, 4) is 17.0 Å². The summed E-state index contributed by atoms with van der Waals surface area (Å²) < 4.78 is 8.02. The van der Waals surface area contributed by atoms with Crippen molar-refractivity contribution in [2.24, 2.45) is 7.05 Å². The van der Waals surface area contributed by atoms with E-state index in [0.29, 0.717) is 0 Å². The van der Waals surface area contributed by atoms with E-state index >= 15 is 0 Å². The van der Waals surface area contributed by atoms with E-state index in [4.69, 9.17) is 17.0 Å². The Kier molecular flexibility index (Phi) is 2.88. The van der Waals surface area contributed by atoms with Crippen LogP contribution in [0.4, 0.5) is 0 Å². The molecule has 1 heterocycles. The van der Waals surface area contributed by atoms with Gasteiger partial charge in [-0.2, -0.15) is 0 Å². The minimum Gasteiger partial charge on any atom is -0.497 e. The predicted molar refractivity (Wildman–Crippen MR) is 66.1 cm³/mol. The molecule has 0 amide bonds. The fourth-order valence-corrected chi connectivity index (χ4v) is 2.39. The molecule has 15 heavy (non-hydrogen) atoms. The number of hydrogen-bond acceptors (Lipinski definition) is 3. The van der Waals surface area contributed by atoms with Crippen LogP contribution in [0.25, 0.3) is 11.3 Å². The van der Waals surface area contributed by atoms with Crippen LogP contribution in [0.1, 0.15) is 0 Å². The van der Waals surface area contributed by atoms with Crippen molar-refractivity contribution in [3.05, 3.63) is 33.6 Å². The first kappa shape index (κ1) is 10.4. The fraction of sp³-hybridized carbons (Fsp3) is 0.182. The molecule has 0 aliphatic heterocycles. The highest BCUT2D eigenvalue weighted by atomic mass is 32.1. The van der Waals surface area contributed by atoms with E-state index in [-0.39, 0.29) is 0 Å². The average molecular weight is 237 g/mol. The Morgan fingerprint density at radius 2 is 1.93 bits per heavy atom. The third-order valence-corrected chi connectivity index (χ3v) is 3.67. The monoisotopic (exact) mass is 237 g/mol. The topological polar surface area (TPSA) is 14.2 Å². The van der Waals surface area contributed by atoms with Gasteiger partial charge in [-0.15, -0.1) is 11.3 Å². The lowest BCUT2D eigenvalue weighted by Gasteiger charge is -2.04. The van der Waals surface area contributed by atoms with E-state index in [0.717, 1.165) is 21.0 Å². The van der Waals surface area contributed by atoms with E-state index in [1.54, 1.807) is 18.4 Å². The smallest absolute Gasteiger partial charge is 0.161 e. The van der Waals surface area contributed by atoms with Gasteiger partial charge >= 0.3 is 0 Å². The normalized spacial score (nSPS) is 10.3. The maximum Gasteiger partial charge on any atom is 0.161 e. The van der Waals surface area contributed by atoms with Crippen molar-refractivity contribution in [2.75, 3.05) is 7.11 Å². The van der Waals surface area contributed by atoms with Crippen LogP contribution in [0.15, 0.2) is 29.6 Å². The summed E-state index contributed by atoms with van der Waals surface area (Å²) in [6, 6.07) is 7.98. The molecule has 4 heteroatoms. The lowest BCUT2D eigenvalue weighted by Crippen LogP contribution is -1.90. The average Bonchev–Trinajstić information content (AvgIpc) is 2.60. The van der Waals surface area contributed by atoms with Crippen molar-refractivity contribution < 1.29 is 4.74 Å². The molecule has 1 aromatic heterocycles. The third-order valence-electron chi connectivity index (χ3n) is 2.29. The van der Waals surface area contributed by atoms with Gasteiger partial charge in [0.05, 0.1) is 12.8 Å². The summed E-state index contributed by atoms with van der Waals surface area (Å²) in [6.07, 6.45) is 0. The molecule has 0 unspecified atom stereocenters. The maximum absolute atomic E-state index is 5.18. The largest absolute Gasteiger partial charge is 0.497 e. The Morgan fingerprint density at radius 3 is 2.40 bits per heavy atom.